The third kappa shape index (κ3) is 4.27. The lowest BCUT2D eigenvalue weighted by molar-refractivity contribution is 0.133. The van der Waals surface area contributed by atoms with Crippen molar-refractivity contribution in [3.05, 3.63) is 42.5 Å². The Morgan fingerprint density at radius 2 is 1.81 bits per heavy atom. The van der Waals surface area contributed by atoms with Crippen LogP contribution in [0.1, 0.15) is 19.8 Å². The Morgan fingerprint density at radius 1 is 1.05 bits per heavy atom. The van der Waals surface area contributed by atoms with Crippen LogP contribution in [0, 0.1) is 0 Å². The molecule has 0 spiro atoms. The molecule has 5 heteroatoms. The highest BCUT2D eigenvalue weighted by molar-refractivity contribution is 7.89. The van der Waals surface area contributed by atoms with Gasteiger partial charge in [-0.2, -0.15) is 0 Å². The van der Waals surface area contributed by atoms with Crippen molar-refractivity contribution in [3.63, 3.8) is 0 Å². The molecular weight excluding hydrogens is 286 g/mol. The molecule has 2 aromatic rings. The van der Waals surface area contributed by atoms with Gasteiger partial charge in [-0.3, -0.25) is 0 Å². The topological polar surface area (TPSA) is 55.4 Å². The third-order valence-corrected chi connectivity index (χ3v) is 4.66. The summed E-state index contributed by atoms with van der Waals surface area (Å²) in [5.41, 5.74) is 0. The molecule has 0 aliphatic rings. The van der Waals surface area contributed by atoms with Crippen LogP contribution < -0.4 is 4.72 Å². The smallest absolute Gasteiger partial charge is 0.241 e. The molecule has 0 aliphatic heterocycles. The molecule has 0 fully saturated rings. The summed E-state index contributed by atoms with van der Waals surface area (Å²) in [4.78, 5) is 0.329. The van der Waals surface area contributed by atoms with Crippen LogP contribution >= 0.6 is 0 Å². The maximum absolute atomic E-state index is 12.4. The Bertz CT molecular complexity index is 677. The molecule has 4 nitrogen and oxygen atoms in total. The molecule has 114 valence electrons. The van der Waals surface area contributed by atoms with Crippen molar-refractivity contribution in [2.24, 2.45) is 0 Å². The number of fused-ring (bicyclic) bond motifs is 1. The molecule has 2 rings (SSSR count). The van der Waals surface area contributed by atoms with E-state index in [-0.39, 0.29) is 0 Å². The predicted molar refractivity (Wildman–Crippen MR) is 84.9 cm³/mol. The Hall–Kier alpha value is -1.43. The van der Waals surface area contributed by atoms with E-state index in [1.807, 2.05) is 37.3 Å². The number of hydrogen-bond donors (Lipinski definition) is 1. The van der Waals surface area contributed by atoms with E-state index in [0.29, 0.717) is 24.5 Å². The van der Waals surface area contributed by atoms with Crippen molar-refractivity contribution in [2.75, 3.05) is 19.8 Å². The van der Waals surface area contributed by atoms with Crippen LogP contribution in [0.4, 0.5) is 0 Å². The second-order valence-corrected chi connectivity index (χ2v) is 6.58. The van der Waals surface area contributed by atoms with Gasteiger partial charge < -0.3 is 4.74 Å². The van der Waals surface area contributed by atoms with Crippen molar-refractivity contribution in [3.8, 4) is 0 Å². The van der Waals surface area contributed by atoms with Gasteiger partial charge in [0.15, 0.2) is 0 Å². The van der Waals surface area contributed by atoms with Crippen molar-refractivity contribution >= 4 is 20.8 Å². The third-order valence-electron chi connectivity index (χ3n) is 3.15. The first-order valence-corrected chi connectivity index (χ1v) is 8.68. The van der Waals surface area contributed by atoms with E-state index in [2.05, 4.69) is 4.72 Å². The zero-order chi connectivity index (χ0) is 15.1. The first-order chi connectivity index (χ1) is 10.1. The molecule has 0 heterocycles. The van der Waals surface area contributed by atoms with Gasteiger partial charge in [0.1, 0.15) is 0 Å². The molecule has 0 atom stereocenters. The predicted octanol–water partition coefficient (Wildman–Crippen LogP) is 2.93. The Morgan fingerprint density at radius 3 is 2.62 bits per heavy atom. The molecular formula is C16H21NO3S. The summed E-state index contributed by atoms with van der Waals surface area (Å²) >= 11 is 0. The van der Waals surface area contributed by atoms with Crippen molar-refractivity contribution in [2.45, 2.75) is 24.7 Å². The molecule has 0 amide bonds. The number of rotatable bonds is 8. The number of nitrogens with one attached hydrogen (secondary N) is 1. The van der Waals surface area contributed by atoms with E-state index < -0.39 is 10.0 Å². The Balaban J connectivity index is 2.05. The van der Waals surface area contributed by atoms with Gasteiger partial charge in [-0.1, -0.05) is 43.3 Å². The number of sulfonamides is 1. The highest BCUT2D eigenvalue weighted by Crippen LogP contribution is 2.22. The molecule has 0 radical (unpaired) electrons. The van der Waals surface area contributed by atoms with E-state index in [9.17, 15) is 8.42 Å². The molecule has 0 unspecified atom stereocenters. The van der Waals surface area contributed by atoms with Gasteiger partial charge in [-0.15, -0.1) is 0 Å². The fraction of sp³-hybridized carbons (Fsp3) is 0.375. The van der Waals surface area contributed by atoms with Crippen LogP contribution in [0.2, 0.25) is 0 Å². The fourth-order valence-electron chi connectivity index (χ4n) is 2.13. The van der Waals surface area contributed by atoms with Gasteiger partial charge in [-0.05, 0) is 24.3 Å². The molecule has 2 aromatic carbocycles. The first-order valence-electron chi connectivity index (χ1n) is 7.20. The number of ether oxygens (including phenoxy) is 1. The van der Waals surface area contributed by atoms with Gasteiger partial charge in [0, 0.05) is 25.1 Å². The Labute approximate surface area is 126 Å². The summed E-state index contributed by atoms with van der Waals surface area (Å²) in [6, 6.07) is 12.8. The van der Waals surface area contributed by atoms with Gasteiger partial charge >= 0.3 is 0 Å². The van der Waals surface area contributed by atoms with Gasteiger partial charge in [0.2, 0.25) is 10.0 Å². The lowest BCUT2D eigenvalue weighted by Gasteiger charge is -2.09. The van der Waals surface area contributed by atoms with Crippen LogP contribution in [-0.2, 0) is 14.8 Å². The van der Waals surface area contributed by atoms with Crippen LogP contribution in [0.15, 0.2) is 47.4 Å². The minimum atomic E-state index is -3.49. The maximum atomic E-state index is 12.4. The van der Waals surface area contributed by atoms with Gasteiger partial charge in [0.05, 0.1) is 4.90 Å². The van der Waals surface area contributed by atoms with E-state index in [0.717, 1.165) is 23.8 Å². The molecule has 0 saturated carbocycles. The summed E-state index contributed by atoms with van der Waals surface area (Å²) in [6.07, 6.45) is 1.64. The summed E-state index contributed by atoms with van der Waals surface area (Å²) < 4.78 is 32.7. The minimum absolute atomic E-state index is 0.329. The zero-order valence-corrected chi connectivity index (χ0v) is 13.0. The van der Waals surface area contributed by atoms with E-state index >= 15 is 0 Å². The average Bonchev–Trinajstić information content (AvgIpc) is 2.50. The molecule has 0 saturated heterocycles. The zero-order valence-electron chi connectivity index (χ0n) is 12.2. The average molecular weight is 307 g/mol. The van der Waals surface area contributed by atoms with Crippen LogP contribution in [0.25, 0.3) is 10.8 Å². The normalized spacial score (nSPS) is 11.9. The highest BCUT2D eigenvalue weighted by atomic mass is 32.2. The molecule has 21 heavy (non-hydrogen) atoms. The maximum Gasteiger partial charge on any atom is 0.241 e. The van der Waals surface area contributed by atoms with Crippen LogP contribution in [-0.4, -0.2) is 28.2 Å². The van der Waals surface area contributed by atoms with Gasteiger partial charge in [-0.25, -0.2) is 13.1 Å². The molecule has 0 bridgehead atoms. The van der Waals surface area contributed by atoms with E-state index in [1.165, 1.54) is 0 Å². The van der Waals surface area contributed by atoms with Crippen molar-refractivity contribution in [1.29, 1.82) is 0 Å². The van der Waals surface area contributed by atoms with E-state index in [4.69, 9.17) is 4.74 Å². The molecule has 0 aromatic heterocycles. The first kappa shape index (κ1) is 15.9. The lowest BCUT2D eigenvalue weighted by Crippen LogP contribution is -2.25. The molecule has 0 aliphatic carbocycles. The second kappa shape index (κ2) is 7.54. The van der Waals surface area contributed by atoms with Crippen molar-refractivity contribution in [1.82, 2.24) is 4.72 Å². The quantitative estimate of drug-likeness (QED) is 0.763. The Kier molecular flexibility index (Phi) is 5.73. The minimum Gasteiger partial charge on any atom is -0.381 e. The summed E-state index contributed by atoms with van der Waals surface area (Å²) in [5.74, 6) is 0. The summed E-state index contributed by atoms with van der Waals surface area (Å²) in [6.45, 7) is 3.72. The largest absolute Gasteiger partial charge is 0.381 e. The van der Waals surface area contributed by atoms with Crippen LogP contribution in [0.3, 0.4) is 0 Å². The number of benzene rings is 2. The second-order valence-electron chi connectivity index (χ2n) is 4.84. The highest BCUT2D eigenvalue weighted by Gasteiger charge is 2.16. The standard InChI is InChI=1S/C16H21NO3S/c1-2-12-20-13-6-11-17-21(18,19)16-10-5-8-14-7-3-4-9-15(14)16/h3-5,7-10,17H,2,6,11-13H2,1H3. The molecule has 1 N–H and O–H groups in total. The SMILES string of the molecule is CCCOCCCNS(=O)(=O)c1cccc2ccccc12. The van der Waals surface area contributed by atoms with Crippen molar-refractivity contribution < 1.29 is 13.2 Å². The lowest BCUT2D eigenvalue weighted by atomic mass is 10.1. The van der Waals surface area contributed by atoms with Gasteiger partial charge in [0.25, 0.3) is 0 Å². The summed E-state index contributed by atoms with van der Waals surface area (Å²) in [7, 11) is -3.49. The fourth-order valence-corrected chi connectivity index (χ4v) is 3.44. The monoisotopic (exact) mass is 307 g/mol. The van der Waals surface area contributed by atoms with E-state index in [1.54, 1.807) is 12.1 Å². The summed E-state index contributed by atoms with van der Waals surface area (Å²) in [5, 5.41) is 1.67. The number of hydrogen-bond acceptors (Lipinski definition) is 3. The van der Waals surface area contributed by atoms with Crippen LogP contribution in [0.5, 0.6) is 0 Å².